The number of pyridine rings is 1. The molecular formula is C19H20ClN7O2S. The third-order valence-corrected chi connectivity index (χ3v) is 6.27. The summed E-state index contributed by atoms with van der Waals surface area (Å²) in [6.45, 7) is 6.21. The minimum absolute atomic E-state index is 0.0715. The fourth-order valence-electron chi connectivity index (χ4n) is 2.95. The molecule has 9 nitrogen and oxygen atoms in total. The highest BCUT2D eigenvalue weighted by molar-refractivity contribution is 7.92. The van der Waals surface area contributed by atoms with E-state index >= 15 is 0 Å². The lowest BCUT2D eigenvalue weighted by Gasteiger charge is -2.19. The summed E-state index contributed by atoms with van der Waals surface area (Å²) in [6.07, 6.45) is 0. The van der Waals surface area contributed by atoms with Crippen LogP contribution in [-0.2, 0) is 22.5 Å². The zero-order chi connectivity index (χ0) is 21.7. The Kier molecular flexibility index (Phi) is 4.78. The maximum absolute atomic E-state index is 12.9. The first-order valence-electron chi connectivity index (χ1n) is 9.11. The predicted molar refractivity (Wildman–Crippen MR) is 114 cm³/mol. The molecule has 0 atom stereocenters. The van der Waals surface area contributed by atoms with Gasteiger partial charge in [-0.25, -0.2) is 12.9 Å². The van der Waals surface area contributed by atoms with Gasteiger partial charge in [-0.05, 0) is 46.5 Å². The topological polar surface area (TPSA) is 107 Å². The molecule has 0 radical (unpaired) electrons. The first kappa shape index (κ1) is 20.3. The molecule has 4 aromatic rings. The minimum atomic E-state index is -3.83. The van der Waals surface area contributed by atoms with E-state index in [0.29, 0.717) is 22.1 Å². The van der Waals surface area contributed by atoms with Gasteiger partial charge in [-0.15, -0.1) is 10.2 Å². The van der Waals surface area contributed by atoms with Crippen LogP contribution in [0.1, 0.15) is 26.3 Å². The number of aromatic nitrogens is 6. The molecule has 30 heavy (non-hydrogen) atoms. The Morgan fingerprint density at radius 2 is 1.73 bits per heavy atom. The number of sulfonamides is 1. The van der Waals surface area contributed by atoms with E-state index in [0.717, 1.165) is 5.56 Å². The molecule has 3 heterocycles. The summed E-state index contributed by atoms with van der Waals surface area (Å²) in [6, 6.07) is 11.6. The summed E-state index contributed by atoms with van der Waals surface area (Å²) < 4.78 is 29.9. The average molecular weight is 446 g/mol. The molecule has 0 fully saturated rings. The van der Waals surface area contributed by atoms with E-state index in [4.69, 9.17) is 11.6 Å². The van der Waals surface area contributed by atoms with Gasteiger partial charge in [-0.3, -0.25) is 4.72 Å². The molecule has 1 N–H and O–H groups in total. The number of halogens is 1. The number of tetrazole rings is 1. The van der Waals surface area contributed by atoms with Crippen molar-refractivity contribution in [2.45, 2.75) is 31.1 Å². The van der Waals surface area contributed by atoms with Crippen LogP contribution >= 0.6 is 11.6 Å². The van der Waals surface area contributed by atoms with Gasteiger partial charge >= 0.3 is 0 Å². The zero-order valence-electron chi connectivity index (χ0n) is 16.8. The zero-order valence-corrected chi connectivity index (χ0v) is 18.4. The Morgan fingerprint density at radius 3 is 2.33 bits per heavy atom. The van der Waals surface area contributed by atoms with E-state index in [-0.39, 0.29) is 16.1 Å². The van der Waals surface area contributed by atoms with Gasteiger partial charge in [-0.2, -0.15) is 9.90 Å². The molecule has 0 aliphatic carbocycles. The Balaban J connectivity index is 1.72. The van der Waals surface area contributed by atoms with Crippen LogP contribution in [0.15, 0.2) is 47.4 Å². The van der Waals surface area contributed by atoms with E-state index in [1.807, 2.05) is 12.1 Å². The summed E-state index contributed by atoms with van der Waals surface area (Å²) in [5, 5.41) is 16.7. The summed E-state index contributed by atoms with van der Waals surface area (Å²) in [7, 11) is -2.19. The maximum atomic E-state index is 12.9. The summed E-state index contributed by atoms with van der Waals surface area (Å²) in [4.78, 5) is 1.47. The number of fused-ring (bicyclic) bond motifs is 1. The van der Waals surface area contributed by atoms with Crippen LogP contribution in [0.3, 0.4) is 0 Å². The van der Waals surface area contributed by atoms with Crippen molar-refractivity contribution >= 4 is 33.0 Å². The third-order valence-electron chi connectivity index (χ3n) is 4.58. The van der Waals surface area contributed by atoms with Gasteiger partial charge in [-0.1, -0.05) is 44.5 Å². The molecule has 0 bridgehead atoms. The quantitative estimate of drug-likeness (QED) is 0.516. The molecule has 0 spiro atoms. The standard InChI is InChI=1S/C19H20ClN7O2S/c1-19(2,3)12-5-7-13(8-6-12)30(28,29)24-17-10-9-14(20)16-11-15(22-27(16)17)18-21-25-26(4)23-18/h5-11,24H,1-4H3. The monoisotopic (exact) mass is 445 g/mol. The summed E-state index contributed by atoms with van der Waals surface area (Å²) in [5.41, 5.74) is 1.91. The number of nitrogens with zero attached hydrogens (tertiary/aromatic N) is 6. The molecule has 0 unspecified atom stereocenters. The second-order valence-electron chi connectivity index (χ2n) is 7.88. The van der Waals surface area contributed by atoms with E-state index in [1.165, 1.54) is 9.31 Å². The third kappa shape index (κ3) is 3.75. The van der Waals surface area contributed by atoms with E-state index in [2.05, 4.69) is 46.0 Å². The molecule has 11 heteroatoms. The Bertz CT molecular complexity index is 1340. The molecule has 0 aliphatic heterocycles. The lowest BCUT2D eigenvalue weighted by Crippen LogP contribution is -2.16. The minimum Gasteiger partial charge on any atom is -0.263 e. The Morgan fingerprint density at radius 1 is 1.03 bits per heavy atom. The van der Waals surface area contributed by atoms with Gasteiger partial charge in [0.05, 0.1) is 22.5 Å². The van der Waals surface area contributed by atoms with Crippen molar-refractivity contribution in [3.63, 3.8) is 0 Å². The lowest BCUT2D eigenvalue weighted by molar-refractivity contribution is 0.587. The van der Waals surface area contributed by atoms with Crippen molar-refractivity contribution in [2.75, 3.05) is 4.72 Å². The van der Waals surface area contributed by atoms with E-state index < -0.39 is 10.0 Å². The molecule has 3 aromatic heterocycles. The van der Waals surface area contributed by atoms with Gasteiger partial charge in [0.2, 0.25) is 5.82 Å². The first-order chi connectivity index (χ1) is 14.0. The number of anilines is 1. The second kappa shape index (κ2) is 7.06. The smallest absolute Gasteiger partial charge is 0.263 e. The number of rotatable bonds is 4. The highest BCUT2D eigenvalue weighted by Gasteiger charge is 2.20. The fraction of sp³-hybridized carbons (Fsp3) is 0.263. The molecule has 4 rings (SSSR count). The predicted octanol–water partition coefficient (Wildman–Crippen LogP) is 3.28. The second-order valence-corrected chi connectivity index (χ2v) is 9.97. The van der Waals surface area contributed by atoms with Crippen LogP contribution in [0, 0.1) is 0 Å². The van der Waals surface area contributed by atoms with Gasteiger partial charge in [0.25, 0.3) is 10.0 Å². The number of benzene rings is 1. The SMILES string of the molecule is Cn1nnc(-c2cc3c(Cl)ccc(NS(=O)(=O)c4ccc(C(C)(C)C)cc4)n3n2)n1. The van der Waals surface area contributed by atoms with Crippen molar-refractivity contribution < 1.29 is 8.42 Å². The van der Waals surface area contributed by atoms with Crippen LogP contribution in [0.2, 0.25) is 5.02 Å². The van der Waals surface area contributed by atoms with E-state index in [1.54, 1.807) is 37.4 Å². The lowest BCUT2D eigenvalue weighted by atomic mass is 9.87. The van der Waals surface area contributed by atoms with Gasteiger partial charge in [0.15, 0.2) is 0 Å². The fourth-order valence-corrected chi connectivity index (χ4v) is 4.19. The Labute approximate surface area is 178 Å². The van der Waals surface area contributed by atoms with Crippen molar-refractivity contribution in [1.82, 2.24) is 29.8 Å². The Hall–Kier alpha value is -2.98. The van der Waals surface area contributed by atoms with Crippen molar-refractivity contribution in [2.24, 2.45) is 7.05 Å². The highest BCUT2D eigenvalue weighted by atomic mass is 35.5. The van der Waals surface area contributed by atoms with Gasteiger partial charge in [0.1, 0.15) is 11.5 Å². The molecule has 0 amide bonds. The normalized spacial score (nSPS) is 12.4. The molecule has 1 aromatic carbocycles. The molecule has 156 valence electrons. The largest absolute Gasteiger partial charge is 0.263 e. The maximum Gasteiger partial charge on any atom is 0.263 e. The van der Waals surface area contributed by atoms with Gasteiger partial charge in [0, 0.05) is 0 Å². The highest BCUT2D eigenvalue weighted by Crippen LogP contribution is 2.28. The van der Waals surface area contributed by atoms with Crippen LogP contribution in [0.5, 0.6) is 0 Å². The van der Waals surface area contributed by atoms with E-state index in [9.17, 15) is 8.42 Å². The van der Waals surface area contributed by atoms with Crippen LogP contribution < -0.4 is 4.72 Å². The molecular weight excluding hydrogens is 426 g/mol. The average Bonchev–Trinajstić information content (AvgIpc) is 3.30. The summed E-state index contributed by atoms with van der Waals surface area (Å²) >= 11 is 6.28. The number of hydrogen-bond acceptors (Lipinski definition) is 6. The van der Waals surface area contributed by atoms with Crippen LogP contribution in [0.4, 0.5) is 5.82 Å². The van der Waals surface area contributed by atoms with Crippen LogP contribution in [0.25, 0.3) is 17.0 Å². The molecule has 0 saturated carbocycles. The number of hydrogen-bond donors (Lipinski definition) is 1. The van der Waals surface area contributed by atoms with Crippen molar-refractivity contribution in [1.29, 1.82) is 0 Å². The first-order valence-corrected chi connectivity index (χ1v) is 11.0. The van der Waals surface area contributed by atoms with Crippen molar-refractivity contribution in [3.05, 3.63) is 53.1 Å². The molecule has 0 aliphatic rings. The number of aryl methyl sites for hydroxylation is 1. The molecule has 0 saturated heterocycles. The summed E-state index contributed by atoms with van der Waals surface area (Å²) in [5.74, 6) is 0.549. The van der Waals surface area contributed by atoms with Crippen LogP contribution in [-0.4, -0.2) is 38.2 Å². The van der Waals surface area contributed by atoms with Crippen molar-refractivity contribution in [3.8, 4) is 11.5 Å². The number of nitrogens with one attached hydrogen (secondary N) is 1. The van der Waals surface area contributed by atoms with Gasteiger partial charge < -0.3 is 0 Å².